The van der Waals surface area contributed by atoms with Crippen molar-refractivity contribution in [2.45, 2.75) is 0 Å². The highest BCUT2D eigenvalue weighted by molar-refractivity contribution is 7.26. The van der Waals surface area contributed by atoms with Gasteiger partial charge in [-0.2, -0.15) is 0 Å². The largest absolute Gasteiger partial charge is 0.208 e. The number of fused-ring (bicyclic) bond motifs is 12. The van der Waals surface area contributed by atoms with E-state index in [0.29, 0.717) is 23.0 Å². The molecule has 0 saturated carbocycles. The van der Waals surface area contributed by atoms with E-state index in [1.807, 2.05) is 11.3 Å². The van der Waals surface area contributed by atoms with Gasteiger partial charge >= 0.3 is 0 Å². The second-order valence-corrected chi connectivity index (χ2v) is 17.4. The van der Waals surface area contributed by atoms with Crippen LogP contribution in [0.25, 0.3) is 123 Å². The van der Waals surface area contributed by atoms with E-state index < -0.39 is 0 Å². The van der Waals surface area contributed by atoms with Gasteiger partial charge in [0.05, 0.1) is 0 Å². The molecule has 0 aliphatic carbocycles. The van der Waals surface area contributed by atoms with Crippen molar-refractivity contribution in [1.29, 1.82) is 0 Å². The van der Waals surface area contributed by atoms with Gasteiger partial charge in [0, 0.05) is 57.0 Å². The smallest absolute Gasteiger partial charge is 0.164 e. The van der Waals surface area contributed by atoms with Gasteiger partial charge in [-0.05, 0) is 103 Å². The molecule has 0 aliphatic heterocycles. The summed E-state index contributed by atoms with van der Waals surface area (Å²) in [7, 11) is 0. The quantitative estimate of drug-likeness (QED) is 0.124. The van der Waals surface area contributed by atoms with Gasteiger partial charge in [0.1, 0.15) is 0 Å². The number of nitrogens with zero attached hydrogens (tertiary/aromatic N) is 3. The topological polar surface area (TPSA) is 38.7 Å². The summed E-state index contributed by atoms with van der Waals surface area (Å²) in [4.78, 5) is 14.8. The summed E-state index contributed by atoms with van der Waals surface area (Å²) in [5.74, 6) is 1.72. The number of allylic oxidation sites excluding steroid dienone is 2. The van der Waals surface area contributed by atoms with Gasteiger partial charge in [0.25, 0.3) is 0 Å². The molecular formula is C55H33N3S2. The Morgan fingerprint density at radius 1 is 0.383 bits per heavy atom. The highest BCUT2D eigenvalue weighted by Crippen LogP contribution is 2.43. The van der Waals surface area contributed by atoms with E-state index in [2.05, 4.69) is 183 Å². The number of rotatable bonds is 6. The molecule has 280 valence electrons. The van der Waals surface area contributed by atoms with Crippen molar-refractivity contribution in [3.8, 4) is 45.0 Å². The zero-order valence-electron chi connectivity index (χ0n) is 32.3. The molecule has 3 heterocycles. The van der Waals surface area contributed by atoms with Gasteiger partial charge in [0.15, 0.2) is 17.5 Å². The van der Waals surface area contributed by atoms with E-state index in [9.17, 15) is 0 Å². The van der Waals surface area contributed by atoms with E-state index in [4.69, 9.17) is 15.0 Å². The van der Waals surface area contributed by atoms with E-state index >= 15 is 0 Å². The molecule has 3 nitrogen and oxygen atoms in total. The van der Waals surface area contributed by atoms with Crippen LogP contribution in [-0.4, -0.2) is 15.0 Å². The minimum absolute atomic E-state index is 0.516. The van der Waals surface area contributed by atoms with Gasteiger partial charge in [-0.3, -0.25) is 0 Å². The van der Waals surface area contributed by atoms with Crippen LogP contribution in [0.2, 0.25) is 0 Å². The van der Waals surface area contributed by atoms with Crippen LogP contribution in [0.1, 0.15) is 5.82 Å². The molecule has 0 spiro atoms. The Kier molecular flexibility index (Phi) is 7.89. The molecule has 0 radical (unpaired) electrons. The van der Waals surface area contributed by atoms with Crippen molar-refractivity contribution >= 4 is 101 Å². The summed E-state index contributed by atoms with van der Waals surface area (Å²) in [6.45, 7) is 8.15. The van der Waals surface area contributed by atoms with Crippen molar-refractivity contribution in [1.82, 2.24) is 15.0 Å². The Bertz CT molecular complexity index is 3720. The van der Waals surface area contributed by atoms with Crippen molar-refractivity contribution in [3.05, 3.63) is 195 Å². The standard InChI is InChI=1S/C55H33N3S2/c1-3-32(2)53-56-54(58-55(57-53)37-25-28-49-46(31-37)44-15-8-9-17-48(44)59-49)34-21-19-33(20-22-34)38-16-10-18-51-52(38)47-30-36(24-27-50(47)60-51)35-23-26-43-41-13-5-4-11-39(41)40-12-6-7-14-42(40)45(43)29-35/h3-31H,1-2H2. The molecule has 0 amide bonds. The fraction of sp³-hybridized carbons (Fsp3) is 0. The first kappa shape index (κ1) is 34.7. The van der Waals surface area contributed by atoms with E-state index in [0.717, 1.165) is 16.7 Å². The van der Waals surface area contributed by atoms with Gasteiger partial charge in [-0.25, -0.2) is 15.0 Å². The predicted octanol–water partition coefficient (Wildman–Crippen LogP) is 15.9. The van der Waals surface area contributed by atoms with Crippen molar-refractivity contribution in [2.75, 3.05) is 0 Å². The number of hydrogen-bond acceptors (Lipinski definition) is 5. The third-order valence-corrected chi connectivity index (χ3v) is 14.1. The summed E-state index contributed by atoms with van der Waals surface area (Å²) < 4.78 is 5.05. The SMILES string of the molecule is C=CC(=C)c1nc(-c2ccc(-c3cccc4sc5ccc(-c6ccc7c8ccccc8c8ccccc8c7c6)cc5c34)cc2)nc(-c2ccc3sc4ccccc4c3c2)n1. The summed E-state index contributed by atoms with van der Waals surface area (Å²) in [6.07, 6.45) is 1.70. The van der Waals surface area contributed by atoms with Gasteiger partial charge in [-0.15, -0.1) is 22.7 Å². The molecule has 0 bridgehead atoms. The van der Waals surface area contributed by atoms with Crippen LogP contribution in [0.15, 0.2) is 189 Å². The van der Waals surface area contributed by atoms with Crippen LogP contribution in [0.3, 0.4) is 0 Å². The molecule has 12 rings (SSSR count). The molecular weight excluding hydrogens is 767 g/mol. The zero-order valence-corrected chi connectivity index (χ0v) is 33.9. The number of benzene rings is 9. The van der Waals surface area contributed by atoms with Crippen LogP contribution < -0.4 is 0 Å². The summed E-state index contributed by atoms with van der Waals surface area (Å²) in [5, 5.41) is 12.7. The molecule has 9 aromatic carbocycles. The summed E-state index contributed by atoms with van der Waals surface area (Å²) in [6, 6.07) is 61.7. The minimum atomic E-state index is 0.516. The lowest BCUT2D eigenvalue weighted by Crippen LogP contribution is -2.01. The highest BCUT2D eigenvalue weighted by atomic mass is 32.1. The lowest BCUT2D eigenvalue weighted by Gasteiger charge is -2.12. The van der Waals surface area contributed by atoms with Crippen molar-refractivity contribution in [2.24, 2.45) is 0 Å². The third kappa shape index (κ3) is 5.51. The molecule has 0 fully saturated rings. The van der Waals surface area contributed by atoms with Crippen LogP contribution in [-0.2, 0) is 0 Å². The van der Waals surface area contributed by atoms with E-state index in [1.54, 1.807) is 17.4 Å². The molecule has 0 N–H and O–H groups in total. The van der Waals surface area contributed by atoms with Gasteiger partial charge in [0.2, 0.25) is 0 Å². The van der Waals surface area contributed by atoms with Crippen LogP contribution in [0, 0.1) is 0 Å². The van der Waals surface area contributed by atoms with Crippen molar-refractivity contribution in [3.63, 3.8) is 0 Å². The highest BCUT2D eigenvalue weighted by Gasteiger charge is 2.17. The maximum atomic E-state index is 5.04. The lowest BCUT2D eigenvalue weighted by atomic mass is 9.91. The Hall–Kier alpha value is -7.31. The first-order valence-corrected chi connectivity index (χ1v) is 21.6. The molecule has 0 aliphatic rings. The number of hydrogen-bond donors (Lipinski definition) is 0. The average Bonchev–Trinajstić information content (AvgIpc) is 3.89. The predicted molar refractivity (Wildman–Crippen MR) is 259 cm³/mol. The number of thiophene rings is 2. The number of aromatic nitrogens is 3. The maximum Gasteiger partial charge on any atom is 0.164 e. The molecule has 0 atom stereocenters. The van der Waals surface area contributed by atoms with E-state index in [1.165, 1.54) is 89.4 Å². The fourth-order valence-electron chi connectivity index (χ4n) is 8.87. The normalized spacial score (nSPS) is 11.8. The summed E-state index contributed by atoms with van der Waals surface area (Å²) >= 11 is 3.64. The van der Waals surface area contributed by atoms with E-state index in [-0.39, 0.29) is 0 Å². The second kappa shape index (κ2) is 13.6. The molecule has 0 unspecified atom stereocenters. The van der Waals surface area contributed by atoms with Crippen LogP contribution in [0.5, 0.6) is 0 Å². The Morgan fingerprint density at radius 2 is 0.867 bits per heavy atom. The maximum absolute atomic E-state index is 5.04. The molecule has 12 aromatic rings. The second-order valence-electron chi connectivity index (χ2n) is 15.3. The van der Waals surface area contributed by atoms with Crippen LogP contribution in [0.4, 0.5) is 0 Å². The lowest BCUT2D eigenvalue weighted by molar-refractivity contribution is 1.04. The Labute approximate surface area is 353 Å². The molecule has 0 saturated heterocycles. The fourth-order valence-corrected chi connectivity index (χ4v) is 11.1. The Balaban J connectivity index is 0.947. The van der Waals surface area contributed by atoms with Gasteiger partial charge < -0.3 is 0 Å². The molecule has 3 aromatic heterocycles. The third-order valence-electron chi connectivity index (χ3n) is 11.8. The molecule has 60 heavy (non-hydrogen) atoms. The minimum Gasteiger partial charge on any atom is -0.208 e. The first-order valence-electron chi connectivity index (χ1n) is 20.0. The molecule has 5 heteroatoms. The zero-order chi connectivity index (χ0) is 39.9. The summed E-state index contributed by atoms with van der Waals surface area (Å²) in [5.41, 5.74) is 7.25. The van der Waals surface area contributed by atoms with Gasteiger partial charge in [-0.1, -0.05) is 141 Å². The average molecular weight is 800 g/mol. The van der Waals surface area contributed by atoms with Crippen molar-refractivity contribution < 1.29 is 0 Å². The monoisotopic (exact) mass is 799 g/mol. The first-order chi connectivity index (χ1) is 29.6. The van der Waals surface area contributed by atoms with Crippen LogP contribution >= 0.6 is 22.7 Å². The Morgan fingerprint density at radius 3 is 1.58 bits per heavy atom.